The molecule has 1 aliphatic rings. The van der Waals surface area contributed by atoms with Crippen molar-refractivity contribution >= 4 is 15.9 Å². The van der Waals surface area contributed by atoms with E-state index in [4.69, 9.17) is 9.47 Å². The van der Waals surface area contributed by atoms with E-state index < -0.39 is 10.0 Å². The minimum atomic E-state index is -3.44. The van der Waals surface area contributed by atoms with Crippen LogP contribution in [-0.4, -0.2) is 52.0 Å². The molecule has 1 heterocycles. The predicted molar refractivity (Wildman–Crippen MR) is 128 cm³/mol. The summed E-state index contributed by atoms with van der Waals surface area (Å²) in [5.74, 6) is 0.722. The van der Waals surface area contributed by atoms with Gasteiger partial charge in [0, 0.05) is 33.2 Å². The molecule has 3 rings (SSSR count). The van der Waals surface area contributed by atoms with E-state index in [-0.39, 0.29) is 5.91 Å². The van der Waals surface area contributed by atoms with Crippen LogP contribution in [0.3, 0.4) is 0 Å². The van der Waals surface area contributed by atoms with Gasteiger partial charge in [0.05, 0.1) is 11.5 Å². The number of carbonyl (C=O) groups excluding carboxylic acids is 1. The van der Waals surface area contributed by atoms with Gasteiger partial charge in [0.15, 0.2) is 0 Å². The van der Waals surface area contributed by atoms with Gasteiger partial charge in [-0.1, -0.05) is 37.1 Å². The fourth-order valence-corrected chi connectivity index (χ4v) is 5.27. The monoisotopic (exact) mass is 474 g/mol. The van der Waals surface area contributed by atoms with Crippen molar-refractivity contribution in [3.8, 4) is 5.75 Å². The molecule has 0 atom stereocenters. The number of sulfonamides is 1. The van der Waals surface area contributed by atoms with Crippen molar-refractivity contribution in [2.45, 2.75) is 50.0 Å². The second-order valence-electron chi connectivity index (χ2n) is 8.22. The lowest BCUT2D eigenvalue weighted by Gasteiger charge is -2.20. The second kappa shape index (κ2) is 12.7. The first-order valence-electron chi connectivity index (χ1n) is 11.6. The average Bonchev–Trinajstić information content (AvgIpc) is 3.13. The molecule has 1 saturated heterocycles. The summed E-state index contributed by atoms with van der Waals surface area (Å²) in [6.45, 7) is 2.67. The molecule has 2 aromatic carbocycles. The van der Waals surface area contributed by atoms with Crippen molar-refractivity contribution in [1.82, 2.24) is 9.62 Å². The van der Waals surface area contributed by atoms with E-state index in [2.05, 4.69) is 5.32 Å². The van der Waals surface area contributed by atoms with Crippen molar-refractivity contribution in [2.75, 3.05) is 33.4 Å². The maximum Gasteiger partial charge on any atom is 0.243 e. The molecule has 33 heavy (non-hydrogen) atoms. The minimum Gasteiger partial charge on any atom is -0.491 e. The number of rotatable bonds is 11. The topological polar surface area (TPSA) is 84.9 Å². The molecule has 0 bridgehead atoms. The smallest absolute Gasteiger partial charge is 0.243 e. The molecule has 0 spiro atoms. The number of nitrogens with one attached hydrogen (secondary N) is 1. The summed E-state index contributed by atoms with van der Waals surface area (Å²) in [5.41, 5.74) is 1.93. The molecule has 0 aromatic heterocycles. The Morgan fingerprint density at radius 3 is 2.18 bits per heavy atom. The minimum absolute atomic E-state index is 0.0447. The molecular weight excluding hydrogens is 440 g/mol. The Balaban J connectivity index is 1.43. The summed E-state index contributed by atoms with van der Waals surface area (Å²) >= 11 is 0. The first-order valence-corrected chi connectivity index (χ1v) is 13.0. The highest BCUT2D eigenvalue weighted by molar-refractivity contribution is 7.89. The van der Waals surface area contributed by atoms with E-state index in [0.29, 0.717) is 50.6 Å². The Kier molecular flexibility index (Phi) is 9.72. The predicted octanol–water partition coefficient (Wildman–Crippen LogP) is 3.53. The molecule has 8 heteroatoms. The van der Waals surface area contributed by atoms with Gasteiger partial charge in [-0.2, -0.15) is 4.31 Å². The third-order valence-electron chi connectivity index (χ3n) is 5.74. The van der Waals surface area contributed by atoms with Crippen LogP contribution < -0.4 is 10.1 Å². The molecule has 180 valence electrons. The zero-order valence-electron chi connectivity index (χ0n) is 19.3. The lowest BCUT2D eigenvalue weighted by molar-refractivity contribution is -0.121. The highest BCUT2D eigenvalue weighted by Crippen LogP contribution is 2.21. The largest absolute Gasteiger partial charge is 0.491 e. The summed E-state index contributed by atoms with van der Waals surface area (Å²) < 4.78 is 37.8. The van der Waals surface area contributed by atoms with E-state index in [1.807, 2.05) is 24.3 Å². The van der Waals surface area contributed by atoms with Crippen molar-refractivity contribution in [2.24, 2.45) is 0 Å². The molecule has 7 nitrogen and oxygen atoms in total. The van der Waals surface area contributed by atoms with Crippen LogP contribution in [0.5, 0.6) is 5.75 Å². The lowest BCUT2D eigenvalue weighted by Crippen LogP contribution is -2.31. The fourth-order valence-electron chi connectivity index (χ4n) is 3.75. The van der Waals surface area contributed by atoms with E-state index in [9.17, 15) is 13.2 Å². The summed E-state index contributed by atoms with van der Waals surface area (Å²) in [6.07, 6.45) is 4.90. The summed E-state index contributed by atoms with van der Waals surface area (Å²) in [5, 5.41) is 2.92. The number of aryl methyl sites for hydroxylation is 1. The number of methoxy groups -OCH3 is 1. The Labute approximate surface area is 197 Å². The van der Waals surface area contributed by atoms with Crippen LogP contribution in [-0.2, 0) is 32.5 Å². The van der Waals surface area contributed by atoms with Gasteiger partial charge in [0.1, 0.15) is 12.4 Å². The van der Waals surface area contributed by atoms with Gasteiger partial charge in [-0.15, -0.1) is 0 Å². The Morgan fingerprint density at radius 2 is 1.55 bits per heavy atom. The highest BCUT2D eigenvalue weighted by Gasteiger charge is 2.24. The first-order chi connectivity index (χ1) is 16.0. The Hall–Kier alpha value is -2.42. The number of ether oxygens (including phenoxy) is 2. The Bertz CT molecular complexity index is 967. The number of amides is 1. The lowest BCUT2D eigenvalue weighted by atomic mass is 10.1. The number of carbonyl (C=O) groups is 1. The van der Waals surface area contributed by atoms with Crippen LogP contribution in [0.25, 0.3) is 0 Å². The number of hydrogen-bond acceptors (Lipinski definition) is 5. The van der Waals surface area contributed by atoms with Gasteiger partial charge in [-0.3, -0.25) is 4.79 Å². The van der Waals surface area contributed by atoms with Gasteiger partial charge in [0.2, 0.25) is 15.9 Å². The van der Waals surface area contributed by atoms with Crippen LogP contribution in [0.2, 0.25) is 0 Å². The third-order valence-corrected chi connectivity index (χ3v) is 7.65. The van der Waals surface area contributed by atoms with Gasteiger partial charge >= 0.3 is 0 Å². The normalized spacial score (nSPS) is 15.1. The van der Waals surface area contributed by atoms with Gasteiger partial charge < -0.3 is 14.8 Å². The van der Waals surface area contributed by atoms with Crippen LogP contribution >= 0.6 is 0 Å². The molecule has 0 radical (unpaired) electrons. The SMILES string of the molecule is COCCOc1ccc(CNC(=O)CCc2ccc(S(=O)(=O)N3CCCCCC3)cc2)cc1. The first kappa shape index (κ1) is 25.2. The molecule has 0 saturated carbocycles. The number of hydrogen-bond donors (Lipinski definition) is 1. The maximum absolute atomic E-state index is 12.9. The van der Waals surface area contributed by atoms with E-state index >= 15 is 0 Å². The molecule has 1 aliphatic heterocycles. The molecule has 0 unspecified atom stereocenters. The van der Waals surface area contributed by atoms with Crippen molar-refractivity contribution < 1.29 is 22.7 Å². The highest BCUT2D eigenvalue weighted by atomic mass is 32.2. The zero-order valence-corrected chi connectivity index (χ0v) is 20.1. The molecule has 2 aromatic rings. The van der Waals surface area contributed by atoms with E-state index in [0.717, 1.165) is 42.6 Å². The Morgan fingerprint density at radius 1 is 0.909 bits per heavy atom. The van der Waals surface area contributed by atoms with E-state index in [1.165, 1.54) is 0 Å². The van der Waals surface area contributed by atoms with Crippen molar-refractivity contribution in [1.29, 1.82) is 0 Å². The van der Waals surface area contributed by atoms with Crippen molar-refractivity contribution in [3.63, 3.8) is 0 Å². The quantitative estimate of drug-likeness (QED) is 0.504. The van der Waals surface area contributed by atoms with Crippen LogP contribution in [0, 0.1) is 0 Å². The van der Waals surface area contributed by atoms with Gasteiger partial charge in [0.25, 0.3) is 0 Å². The number of nitrogens with zero attached hydrogens (tertiary/aromatic N) is 1. The maximum atomic E-state index is 12.9. The van der Waals surface area contributed by atoms with E-state index in [1.54, 1.807) is 35.7 Å². The standard InChI is InChI=1S/C25H34N2O5S/c1-31-18-19-32-23-11-6-22(7-12-23)20-26-25(28)15-10-21-8-13-24(14-9-21)33(29,30)27-16-4-2-3-5-17-27/h6-9,11-14H,2-5,10,15-20H2,1H3,(H,26,28). The van der Waals surface area contributed by atoms with Crippen LogP contribution in [0.1, 0.15) is 43.2 Å². The van der Waals surface area contributed by atoms with Crippen molar-refractivity contribution in [3.05, 3.63) is 59.7 Å². The second-order valence-corrected chi connectivity index (χ2v) is 10.2. The fraction of sp³-hybridized carbons (Fsp3) is 0.480. The zero-order chi connectivity index (χ0) is 23.5. The molecule has 1 N–H and O–H groups in total. The van der Waals surface area contributed by atoms with Crippen LogP contribution in [0.4, 0.5) is 0 Å². The molecular formula is C25H34N2O5S. The summed E-state index contributed by atoms with van der Waals surface area (Å²) in [6, 6.07) is 14.5. The average molecular weight is 475 g/mol. The molecule has 1 amide bonds. The summed E-state index contributed by atoms with van der Waals surface area (Å²) in [7, 11) is -1.81. The molecule has 1 fully saturated rings. The van der Waals surface area contributed by atoms with Gasteiger partial charge in [-0.05, 0) is 54.7 Å². The summed E-state index contributed by atoms with van der Waals surface area (Å²) in [4.78, 5) is 12.6. The van der Waals surface area contributed by atoms with Gasteiger partial charge in [-0.25, -0.2) is 8.42 Å². The molecule has 0 aliphatic carbocycles. The number of benzene rings is 2. The third kappa shape index (κ3) is 7.84. The van der Waals surface area contributed by atoms with Crippen LogP contribution in [0.15, 0.2) is 53.4 Å².